The van der Waals surface area contributed by atoms with Crippen LogP contribution < -0.4 is 37.6 Å². The van der Waals surface area contributed by atoms with Crippen molar-refractivity contribution in [3.05, 3.63) is 59.7 Å². The number of carbonyl (C=O) groups is 7. The minimum absolute atomic E-state index is 0.0454. The molecule has 4 atom stereocenters. The Morgan fingerprint density at radius 1 is 0.638 bits per heavy atom. The maximum Gasteiger partial charge on any atom is 0.407 e. The summed E-state index contributed by atoms with van der Waals surface area (Å²) in [6.45, 7) is 13.4. The molecule has 0 aliphatic carbocycles. The van der Waals surface area contributed by atoms with Gasteiger partial charge in [0.2, 0.25) is 11.8 Å². The van der Waals surface area contributed by atoms with Crippen molar-refractivity contribution >= 4 is 41.8 Å². The molecule has 320 valence electrons. The summed E-state index contributed by atoms with van der Waals surface area (Å²) in [6, 6.07) is 11.0. The molecular formula is C41H61N7O10. The highest BCUT2D eigenvalue weighted by atomic mass is 16.6. The smallest absolute Gasteiger partial charge is 0.407 e. The molecule has 0 saturated heterocycles. The average Bonchev–Trinajstić information content (AvgIpc) is 3.13. The van der Waals surface area contributed by atoms with Gasteiger partial charge in [0.1, 0.15) is 29.3 Å². The van der Waals surface area contributed by atoms with E-state index in [4.69, 9.17) is 15.2 Å². The fourth-order valence-corrected chi connectivity index (χ4v) is 5.30. The van der Waals surface area contributed by atoms with Gasteiger partial charge in [0, 0.05) is 18.7 Å². The van der Waals surface area contributed by atoms with Crippen LogP contribution in [-0.2, 0) is 35.1 Å². The van der Waals surface area contributed by atoms with E-state index in [9.17, 15) is 38.7 Å². The number of benzene rings is 2. The number of aliphatic carboxylic acids is 1. The van der Waals surface area contributed by atoms with Gasteiger partial charge in [-0.3, -0.25) is 19.2 Å². The third-order valence-corrected chi connectivity index (χ3v) is 8.31. The number of hydrogen-bond acceptors (Lipinski definition) is 10. The van der Waals surface area contributed by atoms with Crippen LogP contribution in [0.25, 0.3) is 11.1 Å². The standard InChI is InChI=1S/C41H61N7O10/c1-9-11-12-25-13-15-26(16-14-25)27-17-19-28(20-18-27)33(49)46-30(21-23-43-38(55)57-40(3,4)5)34(50)47-31(22-24-44-39(56)58-41(6,7)8)35(51)48-32(42)36(52)45-29(10-2)37(53)54/h13-20,29-32H,9-12,21-24,42H2,1-8H3,(H,43,55)(H,44,56)(H,45,52)(H,46,49)(H,47,50)(H,48,51)(H,53,54)/t29-,30-,31-,32+/m0/s1. The number of nitrogens with one attached hydrogen (secondary N) is 6. The third-order valence-electron chi connectivity index (χ3n) is 8.31. The lowest BCUT2D eigenvalue weighted by atomic mass is 10.0. The van der Waals surface area contributed by atoms with Crippen molar-refractivity contribution in [2.75, 3.05) is 13.1 Å². The Balaban J connectivity index is 2.31. The lowest BCUT2D eigenvalue weighted by molar-refractivity contribution is -0.142. The molecule has 0 bridgehead atoms. The number of ether oxygens (including phenoxy) is 2. The fourth-order valence-electron chi connectivity index (χ4n) is 5.30. The van der Waals surface area contributed by atoms with Crippen molar-refractivity contribution in [3.8, 4) is 11.1 Å². The van der Waals surface area contributed by atoms with Crippen LogP contribution in [-0.4, -0.2) is 95.5 Å². The molecule has 0 aromatic heterocycles. The molecule has 2 rings (SSSR count). The molecule has 0 radical (unpaired) electrons. The van der Waals surface area contributed by atoms with Crippen LogP contribution in [0.4, 0.5) is 9.59 Å². The monoisotopic (exact) mass is 811 g/mol. The Kier molecular flexibility index (Phi) is 19.1. The second-order valence-electron chi connectivity index (χ2n) is 15.7. The zero-order valence-electron chi connectivity index (χ0n) is 34.8. The number of rotatable bonds is 20. The summed E-state index contributed by atoms with van der Waals surface area (Å²) in [7, 11) is 0. The second kappa shape index (κ2) is 22.9. The maximum absolute atomic E-state index is 13.9. The minimum Gasteiger partial charge on any atom is -0.480 e. The zero-order chi connectivity index (χ0) is 43.6. The highest BCUT2D eigenvalue weighted by Gasteiger charge is 2.30. The summed E-state index contributed by atoms with van der Waals surface area (Å²) in [4.78, 5) is 89.7. The minimum atomic E-state index is -1.71. The summed E-state index contributed by atoms with van der Waals surface area (Å²) in [6.07, 6.45) is -0.386. The Bertz CT molecular complexity index is 1700. The molecule has 58 heavy (non-hydrogen) atoms. The van der Waals surface area contributed by atoms with E-state index in [0.717, 1.165) is 30.4 Å². The van der Waals surface area contributed by atoms with Crippen molar-refractivity contribution in [3.63, 3.8) is 0 Å². The van der Waals surface area contributed by atoms with Gasteiger partial charge in [-0.05, 0) is 102 Å². The Morgan fingerprint density at radius 2 is 1.09 bits per heavy atom. The summed E-state index contributed by atoms with van der Waals surface area (Å²) >= 11 is 0. The normalized spacial score (nSPS) is 13.4. The highest BCUT2D eigenvalue weighted by Crippen LogP contribution is 2.21. The topological polar surface area (TPSA) is 256 Å². The Morgan fingerprint density at radius 3 is 1.53 bits per heavy atom. The zero-order valence-corrected chi connectivity index (χ0v) is 34.8. The molecule has 2 aromatic carbocycles. The Labute approximate surface area is 340 Å². The number of hydrogen-bond donors (Lipinski definition) is 8. The van der Waals surface area contributed by atoms with Gasteiger partial charge in [-0.15, -0.1) is 0 Å². The Hall–Kier alpha value is -5.71. The van der Waals surface area contributed by atoms with Gasteiger partial charge in [-0.25, -0.2) is 14.4 Å². The second-order valence-corrected chi connectivity index (χ2v) is 15.7. The first kappa shape index (κ1) is 48.4. The molecule has 17 heteroatoms. The first-order valence-corrected chi connectivity index (χ1v) is 19.5. The van der Waals surface area contributed by atoms with E-state index < -0.39 is 77.3 Å². The molecule has 0 fully saturated rings. The quantitative estimate of drug-likeness (QED) is 0.0899. The highest BCUT2D eigenvalue weighted by molar-refractivity contribution is 5.99. The lowest BCUT2D eigenvalue weighted by Crippen LogP contribution is -2.60. The van der Waals surface area contributed by atoms with E-state index in [2.05, 4.69) is 51.0 Å². The van der Waals surface area contributed by atoms with Crippen LogP contribution in [0.1, 0.15) is 103 Å². The number of nitrogens with two attached hydrogens (primary N) is 1. The van der Waals surface area contributed by atoms with E-state index in [-0.39, 0.29) is 37.9 Å². The SMILES string of the molecule is CCCCc1ccc(-c2ccc(C(=O)N[C@@H](CCNC(=O)OC(C)(C)C)C(=O)N[C@@H](CCNC(=O)OC(C)(C)C)C(=O)N[C@@H](N)C(=O)N[C@@H](CC)C(=O)O)cc2)cc1. The first-order chi connectivity index (χ1) is 27.1. The van der Waals surface area contributed by atoms with Crippen LogP contribution in [0.2, 0.25) is 0 Å². The number of aryl methyl sites for hydroxylation is 1. The van der Waals surface area contributed by atoms with Crippen molar-refractivity contribution in [2.24, 2.45) is 5.73 Å². The largest absolute Gasteiger partial charge is 0.480 e. The van der Waals surface area contributed by atoms with E-state index in [1.54, 1.807) is 65.8 Å². The first-order valence-electron chi connectivity index (χ1n) is 19.5. The van der Waals surface area contributed by atoms with Crippen molar-refractivity contribution in [1.29, 1.82) is 0 Å². The molecule has 9 N–H and O–H groups in total. The number of carboxylic acid groups (broad SMARTS) is 1. The van der Waals surface area contributed by atoms with Gasteiger partial charge in [-0.2, -0.15) is 0 Å². The number of unbranched alkanes of at least 4 members (excludes halogenated alkanes) is 1. The van der Waals surface area contributed by atoms with Crippen LogP contribution in [0.15, 0.2) is 48.5 Å². The summed E-state index contributed by atoms with van der Waals surface area (Å²) in [5.41, 5.74) is 7.59. The van der Waals surface area contributed by atoms with Crippen LogP contribution >= 0.6 is 0 Å². The molecule has 0 saturated carbocycles. The van der Waals surface area contributed by atoms with E-state index in [1.807, 2.05) is 12.1 Å². The molecular weight excluding hydrogens is 750 g/mol. The summed E-state index contributed by atoms with van der Waals surface area (Å²) in [5.74, 6) is -4.70. The lowest BCUT2D eigenvalue weighted by Gasteiger charge is -2.25. The van der Waals surface area contributed by atoms with Crippen molar-refractivity contribution in [1.82, 2.24) is 31.9 Å². The molecule has 0 aliphatic rings. The fraction of sp³-hybridized carbons (Fsp3) is 0.537. The predicted octanol–water partition coefficient (Wildman–Crippen LogP) is 3.49. The molecule has 0 unspecified atom stereocenters. The predicted molar refractivity (Wildman–Crippen MR) is 217 cm³/mol. The van der Waals surface area contributed by atoms with Gasteiger partial charge in [0.15, 0.2) is 6.17 Å². The molecule has 0 spiro atoms. The molecule has 0 aliphatic heterocycles. The summed E-state index contributed by atoms with van der Waals surface area (Å²) < 4.78 is 10.5. The van der Waals surface area contributed by atoms with E-state index in [1.165, 1.54) is 12.5 Å². The molecule has 17 nitrogen and oxygen atoms in total. The average molecular weight is 812 g/mol. The third kappa shape index (κ3) is 18.0. The van der Waals surface area contributed by atoms with Gasteiger partial charge in [0.05, 0.1) is 0 Å². The summed E-state index contributed by atoms with van der Waals surface area (Å²) in [5, 5.41) is 24.1. The van der Waals surface area contributed by atoms with Gasteiger partial charge in [-0.1, -0.05) is 56.7 Å². The number of amides is 6. The van der Waals surface area contributed by atoms with Gasteiger partial charge < -0.3 is 52.2 Å². The molecule has 6 amide bonds. The van der Waals surface area contributed by atoms with Crippen LogP contribution in [0, 0.1) is 0 Å². The number of carbonyl (C=O) groups excluding carboxylic acids is 6. The van der Waals surface area contributed by atoms with Crippen LogP contribution in [0.3, 0.4) is 0 Å². The maximum atomic E-state index is 13.9. The molecule has 2 aromatic rings. The van der Waals surface area contributed by atoms with Gasteiger partial charge in [0.25, 0.3) is 11.8 Å². The number of alkyl carbamates (subject to hydrolysis) is 2. The number of carboxylic acids is 1. The van der Waals surface area contributed by atoms with Crippen LogP contribution in [0.5, 0.6) is 0 Å². The van der Waals surface area contributed by atoms with Crippen molar-refractivity contribution < 1.29 is 48.1 Å². The van der Waals surface area contributed by atoms with E-state index >= 15 is 0 Å². The van der Waals surface area contributed by atoms with Gasteiger partial charge >= 0.3 is 18.2 Å². The molecule has 0 heterocycles. The van der Waals surface area contributed by atoms with E-state index in [0.29, 0.717) is 0 Å². The van der Waals surface area contributed by atoms with Crippen molar-refractivity contribution in [2.45, 2.75) is 129 Å².